The van der Waals surface area contributed by atoms with Crippen molar-refractivity contribution in [3.05, 3.63) is 46.1 Å². The van der Waals surface area contributed by atoms with Crippen LogP contribution >= 0.6 is 0 Å². The number of aryl methyl sites for hydroxylation is 1. The predicted octanol–water partition coefficient (Wildman–Crippen LogP) is 2.14. The topological polar surface area (TPSA) is 83.8 Å². The molecule has 0 saturated carbocycles. The summed E-state index contributed by atoms with van der Waals surface area (Å²) in [4.78, 5) is 10.2. The Hall–Kier alpha value is -2.21. The molecule has 6 heteroatoms. The first kappa shape index (κ1) is 13.2. The first-order valence-electron chi connectivity index (χ1n) is 6.14. The largest absolute Gasteiger partial charge is 0.320 e. The van der Waals surface area contributed by atoms with E-state index in [0.29, 0.717) is 0 Å². The van der Waals surface area contributed by atoms with Crippen molar-refractivity contribution >= 4 is 5.69 Å². The van der Waals surface area contributed by atoms with Crippen LogP contribution in [-0.4, -0.2) is 28.7 Å². The Bertz CT molecular complexity index is 548. The van der Waals surface area contributed by atoms with E-state index in [1.165, 1.54) is 12.1 Å². The number of non-ortho nitro benzene ring substituents is 1. The minimum atomic E-state index is -0.405. The van der Waals surface area contributed by atoms with Gasteiger partial charge < -0.3 is 5.32 Å². The van der Waals surface area contributed by atoms with E-state index in [2.05, 4.69) is 15.5 Å². The highest BCUT2D eigenvalue weighted by Gasteiger charge is 2.07. The first-order chi connectivity index (χ1) is 9.20. The fourth-order valence-corrected chi connectivity index (χ4v) is 1.85. The van der Waals surface area contributed by atoms with Crippen LogP contribution in [0.4, 0.5) is 5.69 Å². The van der Waals surface area contributed by atoms with Gasteiger partial charge in [-0.05, 0) is 44.6 Å². The summed E-state index contributed by atoms with van der Waals surface area (Å²) in [5.74, 6) is 0. The summed E-state index contributed by atoms with van der Waals surface area (Å²) >= 11 is 0. The van der Waals surface area contributed by atoms with Crippen LogP contribution in [-0.2, 0) is 6.42 Å². The van der Waals surface area contributed by atoms with Crippen LogP contribution in [0.5, 0.6) is 0 Å². The summed E-state index contributed by atoms with van der Waals surface area (Å²) in [6.07, 6.45) is 1.97. The van der Waals surface area contributed by atoms with E-state index in [9.17, 15) is 10.1 Å². The molecule has 0 bridgehead atoms. The molecule has 1 aromatic heterocycles. The maximum atomic E-state index is 10.6. The molecule has 0 fully saturated rings. The Morgan fingerprint density at radius 3 is 2.74 bits per heavy atom. The highest BCUT2D eigenvalue weighted by molar-refractivity contribution is 5.61. The molecular weight excluding hydrogens is 244 g/mol. The fraction of sp³-hybridized carbons (Fsp3) is 0.308. The zero-order valence-electron chi connectivity index (χ0n) is 10.7. The second-order valence-electron chi connectivity index (χ2n) is 4.29. The third-order valence-corrected chi connectivity index (χ3v) is 2.88. The fourth-order valence-electron chi connectivity index (χ4n) is 1.85. The Kier molecular flexibility index (Phi) is 4.25. The molecule has 6 nitrogen and oxygen atoms in total. The van der Waals surface area contributed by atoms with Gasteiger partial charge in [0.15, 0.2) is 0 Å². The molecule has 0 amide bonds. The van der Waals surface area contributed by atoms with Crippen molar-refractivity contribution < 1.29 is 4.92 Å². The summed E-state index contributed by atoms with van der Waals surface area (Å²) in [6.45, 7) is 0.964. The van der Waals surface area contributed by atoms with Crippen molar-refractivity contribution in [2.75, 3.05) is 13.6 Å². The van der Waals surface area contributed by atoms with Crippen LogP contribution in [0.3, 0.4) is 0 Å². The van der Waals surface area contributed by atoms with Gasteiger partial charge in [-0.3, -0.25) is 15.2 Å². The van der Waals surface area contributed by atoms with Gasteiger partial charge in [-0.25, -0.2) is 0 Å². The predicted molar refractivity (Wildman–Crippen MR) is 72.9 cm³/mol. The van der Waals surface area contributed by atoms with Crippen LogP contribution in [0.1, 0.15) is 12.1 Å². The van der Waals surface area contributed by atoms with E-state index in [0.717, 1.165) is 36.3 Å². The zero-order chi connectivity index (χ0) is 13.7. The number of nitrogens with one attached hydrogen (secondary N) is 2. The number of H-pyrrole nitrogens is 1. The van der Waals surface area contributed by atoms with Crippen LogP contribution in [0, 0.1) is 10.1 Å². The van der Waals surface area contributed by atoms with Gasteiger partial charge in [-0.15, -0.1) is 0 Å². The lowest BCUT2D eigenvalue weighted by atomic mass is 10.1. The number of aromatic nitrogens is 2. The number of rotatable bonds is 6. The van der Waals surface area contributed by atoms with Crippen LogP contribution in [0.2, 0.25) is 0 Å². The van der Waals surface area contributed by atoms with Crippen molar-refractivity contribution in [3.63, 3.8) is 0 Å². The molecule has 0 atom stereocenters. The number of nitrogens with zero attached hydrogens (tertiary/aromatic N) is 2. The molecule has 2 N–H and O–H groups in total. The molecule has 0 aliphatic heterocycles. The molecule has 0 unspecified atom stereocenters. The molecule has 100 valence electrons. The van der Waals surface area contributed by atoms with Crippen LogP contribution < -0.4 is 5.32 Å². The van der Waals surface area contributed by atoms with E-state index in [-0.39, 0.29) is 5.69 Å². The first-order valence-corrected chi connectivity index (χ1v) is 6.14. The third kappa shape index (κ3) is 3.38. The summed E-state index contributed by atoms with van der Waals surface area (Å²) < 4.78 is 0. The second kappa shape index (κ2) is 6.10. The van der Waals surface area contributed by atoms with Gasteiger partial charge in [0, 0.05) is 23.4 Å². The van der Waals surface area contributed by atoms with E-state index in [4.69, 9.17) is 0 Å². The summed E-state index contributed by atoms with van der Waals surface area (Å²) in [6, 6.07) is 8.39. The molecule has 0 spiro atoms. The lowest BCUT2D eigenvalue weighted by Gasteiger charge is -1.96. The Morgan fingerprint density at radius 1 is 1.37 bits per heavy atom. The van der Waals surface area contributed by atoms with Crippen molar-refractivity contribution in [2.24, 2.45) is 0 Å². The Morgan fingerprint density at radius 2 is 2.11 bits per heavy atom. The van der Waals surface area contributed by atoms with E-state index in [1.807, 2.05) is 13.1 Å². The van der Waals surface area contributed by atoms with Gasteiger partial charge in [-0.1, -0.05) is 0 Å². The smallest absolute Gasteiger partial charge is 0.269 e. The average Bonchev–Trinajstić information content (AvgIpc) is 2.88. The number of aromatic amines is 1. The molecule has 19 heavy (non-hydrogen) atoms. The van der Waals surface area contributed by atoms with Crippen molar-refractivity contribution in [2.45, 2.75) is 12.8 Å². The number of nitro groups is 1. The normalized spacial score (nSPS) is 10.6. The van der Waals surface area contributed by atoms with Gasteiger partial charge in [0.25, 0.3) is 5.69 Å². The molecule has 2 aromatic rings. The Labute approximate surface area is 111 Å². The molecular formula is C13H16N4O2. The quantitative estimate of drug-likeness (QED) is 0.473. The number of hydrogen-bond donors (Lipinski definition) is 2. The minimum absolute atomic E-state index is 0.0912. The maximum Gasteiger partial charge on any atom is 0.269 e. The number of benzene rings is 1. The molecule has 1 heterocycles. The summed E-state index contributed by atoms with van der Waals surface area (Å²) in [5, 5.41) is 20.9. The van der Waals surface area contributed by atoms with E-state index >= 15 is 0 Å². The average molecular weight is 260 g/mol. The summed E-state index contributed by atoms with van der Waals surface area (Å²) in [5.41, 5.74) is 2.85. The van der Waals surface area contributed by atoms with Gasteiger partial charge in [-0.2, -0.15) is 5.10 Å². The lowest BCUT2D eigenvalue weighted by molar-refractivity contribution is -0.384. The van der Waals surface area contributed by atoms with Crippen LogP contribution in [0.15, 0.2) is 30.3 Å². The molecule has 0 aliphatic carbocycles. The minimum Gasteiger partial charge on any atom is -0.320 e. The highest BCUT2D eigenvalue weighted by atomic mass is 16.6. The number of hydrogen-bond acceptors (Lipinski definition) is 4. The van der Waals surface area contributed by atoms with Crippen molar-refractivity contribution in [3.8, 4) is 11.3 Å². The van der Waals surface area contributed by atoms with E-state index < -0.39 is 4.92 Å². The van der Waals surface area contributed by atoms with Gasteiger partial charge in [0.2, 0.25) is 0 Å². The maximum absolute atomic E-state index is 10.6. The monoisotopic (exact) mass is 260 g/mol. The molecule has 0 aliphatic rings. The van der Waals surface area contributed by atoms with E-state index in [1.54, 1.807) is 12.1 Å². The van der Waals surface area contributed by atoms with Crippen molar-refractivity contribution in [1.82, 2.24) is 15.5 Å². The molecule has 2 rings (SSSR count). The SMILES string of the molecule is CNCCCc1cc(-c2ccc([N+](=O)[O-])cc2)n[nH]1. The standard InChI is InChI=1S/C13H16N4O2/c1-14-8-2-3-11-9-13(16-15-11)10-4-6-12(7-5-10)17(18)19/h4-7,9,14H,2-3,8H2,1H3,(H,15,16). The van der Waals surface area contributed by atoms with Crippen LogP contribution in [0.25, 0.3) is 11.3 Å². The van der Waals surface area contributed by atoms with Gasteiger partial charge in [0.1, 0.15) is 0 Å². The summed E-state index contributed by atoms with van der Waals surface area (Å²) in [7, 11) is 1.93. The third-order valence-electron chi connectivity index (χ3n) is 2.88. The second-order valence-corrected chi connectivity index (χ2v) is 4.29. The van der Waals surface area contributed by atoms with Crippen molar-refractivity contribution in [1.29, 1.82) is 0 Å². The molecule has 0 saturated heterocycles. The Balaban J connectivity index is 2.07. The molecule has 1 aromatic carbocycles. The number of nitro benzene ring substituents is 1. The molecule has 0 radical (unpaired) electrons. The highest BCUT2D eigenvalue weighted by Crippen LogP contribution is 2.21. The lowest BCUT2D eigenvalue weighted by Crippen LogP contribution is -2.08. The van der Waals surface area contributed by atoms with Gasteiger partial charge >= 0.3 is 0 Å². The van der Waals surface area contributed by atoms with Gasteiger partial charge in [0.05, 0.1) is 10.6 Å². The zero-order valence-corrected chi connectivity index (χ0v) is 10.7.